The third kappa shape index (κ3) is 5.05. The first-order chi connectivity index (χ1) is 12.2. The van der Waals surface area contributed by atoms with Gasteiger partial charge in [0, 0.05) is 6.07 Å². The molecule has 0 bridgehead atoms. The van der Waals surface area contributed by atoms with Crippen molar-refractivity contribution in [3.63, 3.8) is 0 Å². The molecule has 1 N–H and O–H groups in total. The van der Waals surface area contributed by atoms with E-state index in [4.69, 9.17) is 9.47 Å². The van der Waals surface area contributed by atoms with Gasteiger partial charge in [-0.25, -0.2) is 0 Å². The summed E-state index contributed by atoms with van der Waals surface area (Å²) < 4.78 is 50.7. The number of ether oxygens (including phenoxy) is 3. The lowest BCUT2D eigenvalue weighted by molar-refractivity contribution is -0.274. The van der Waals surface area contributed by atoms with Gasteiger partial charge in [-0.1, -0.05) is 12.1 Å². The van der Waals surface area contributed by atoms with Crippen molar-refractivity contribution in [2.45, 2.75) is 19.3 Å². The lowest BCUT2D eigenvalue weighted by atomic mass is 10.1. The summed E-state index contributed by atoms with van der Waals surface area (Å²) in [6.45, 7) is 1.72. The maximum atomic E-state index is 12.5. The smallest absolute Gasteiger partial charge is 0.497 e. The molecule has 0 heterocycles. The minimum Gasteiger partial charge on any atom is -0.497 e. The summed E-state index contributed by atoms with van der Waals surface area (Å²) >= 11 is 0. The molecule has 0 fully saturated rings. The number of benzene rings is 2. The van der Waals surface area contributed by atoms with Crippen molar-refractivity contribution in [3.8, 4) is 17.2 Å². The van der Waals surface area contributed by atoms with Crippen molar-refractivity contribution >= 4 is 5.91 Å². The Balaban J connectivity index is 2.09. The second kappa shape index (κ2) is 7.99. The first-order valence-corrected chi connectivity index (χ1v) is 7.62. The SMILES string of the molecule is COc1ccc(C(=O)NC(C)c2ccc(OC(F)(F)F)cc2)c(OC)c1. The Morgan fingerprint density at radius 2 is 1.62 bits per heavy atom. The molecule has 5 nitrogen and oxygen atoms in total. The van der Waals surface area contributed by atoms with E-state index < -0.39 is 12.4 Å². The van der Waals surface area contributed by atoms with Gasteiger partial charge >= 0.3 is 6.36 Å². The van der Waals surface area contributed by atoms with Gasteiger partial charge in [-0.05, 0) is 36.8 Å². The number of hydrogen-bond donors (Lipinski definition) is 1. The maximum Gasteiger partial charge on any atom is 0.573 e. The summed E-state index contributed by atoms with van der Waals surface area (Å²) in [4.78, 5) is 12.5. The fourth-order valence-electron chi connectivity index (χ4n) is 2.30. The Labute approximate surface area is 148 Å². The van der Waals surface area contributed by atoms with E-state index in [9.17, 15) is 18.0 Å². The Morgan fingerprint density at radius 3 is 2.15 bits per heavy atom. The molecule has 1 amide bonds. The maximum absolute atomic E-state index is 12.5. The number of halogens is 3. The molecule has 2 aromatic rings. The molecule has 0 spiro atoms. The zero-order chi connectivity index (χ0) is 19.3. The summed E-state index contributed by atoms with van der Waals surface area (Å²) in [5.41, 5.74) is 0.942. The molecule has 1 unspecified atom stereocenters. The van der Waals surface area contributed by atoms with Crippen LogP contribution in [-0.4, -0.2) is 26.5 Å². The van der Waals surface area contributed by atoms with Gasteiger partial charge in [0.05, 0.1) is 25.8 Å². The quantitative estimate of drug-likeness (QED) is 0.833. The minimum atomic E-state index is -4.74. The largest absolute Gasteiger partial charge is 0.573 e. The van der Waals surface area contributed by atoms with Crippen LogP contribution >= 0.6 is 0 Å². The number of alkyl halides is 3. The van der Waals surface area contributed by atoms with Crippen LogP contribution in [0, 0.1) is 0 Å². The van der Waals surface area contributed by atoms with Crippen molar-refractivity contribution in [2.75, 3.05) is 14.2 Å². The lowest BCUT2D eigenvalue weighted by Crippen LogP contribution is -2.27. The van der Waals surface area contributed by atoms with Crippen LogP contribution in [0.25, 0.3) is 0 Å². The topological polar surface area (TPSA) is 56.8 Å². The molecule has 8 heteroatoms. The molecule has 0 aliphatic carbocycles. The summed E-state index contributed by atoms with van der Waals surface area (Å²) in [6, 6.07) is 9.65. The average molecular weight is 369 g/mol. The predicted octanol–water partition coefficient (Wildman–Crippen LogP) is 4.09. The molecule has 2 aromatic carbocycles. The van der Waals surface area contributed by atoms with Crippen LogP contribution in [0.15, 0.2) is 42.5 Å². The van der Waals surface area contributed by atoms with Crippen molar-refractivity contribution < 1.29 is 32.2 Å². The van der Waals surface area contributed by atoms with Gasteiger partial charge < -0.3 is 19.5 Å². The predicted molar refractivity (Wildman–Crippen MR) is 88.6 cm³/mol. The van der Waals surface area contributed by atoms with E-state index in [2.05, 4.69) is 10.1 Å². The molecular weight excluding hydrogens is 351 g/mol. The summed E-state index contributed by atoms with van der Waals surface area (Å²) in [6.07, 6.45) is -4.74. The Hall–Kier alpha value is -2.90. The molecule has 0 aliphatic heterocycles. The van der Waals surface area contributed by atoms with Crippen molar-refractivity contribution in [2.24, 2.45) is 0 Å². The Kier molecular flexibility index (Phi) is 5.97. The van der Waals surface area contributed by atoms with Crippen LogP contribution in [0.2, 0.25) is 0 Å². The summed E-state index contributed by atoms with van der Waals surface area (Å²) in [5.74, 6) is 0.193. The first-order valence-electron chi connectivity index (χ1n) is 7.62. The van der Waals surface area contributed by atoms with Crippen molar-refractivity contribution in [3.05, 3.63) is 53.6 Å². The van der Waals surface area contributed by atoms with Gasteiger partial charge in [0.2, 0.25) is 0 Å². The second-order valence-electron chi connectivity index (χ2n) is 5.38. The van der Waals surface area contributed by atoms with Gasteiger partial charge in [-0.15, -0.1) is 13.2 Å². The van der Waals surface area contributed by atoms with E-state index in [0.717, 1.165) is 0 Å². The van der Waals surface area contributed by atoms with Crippen molar-refractivity contribution in [1.82, 2.24) is 5.32 Å². The number of carbonyl (C=O) groups is 1. The van der Waals surface area contributed by atoms with E-state index in [-0.39, 0.29) is 11.7 Å². The standard InChI is InChI=1S/C18H18F3NO4/c1-11(12-4-6-13(7-5-12)26-18(19,20)21)22-17(23)15-9-8-14(24-2)10-16(15)25-3/h4-11H,1-3H3,(H,22,23). The van der Waals surface area contributed by atoms with E-state index >= 15 is 0 Å². The lowest BCUT2D eigenvalue weighted by Gasteiger charge is -2.17. The Bertz CT molecular complexity index is 760. The molecule has 140 valence electrons. The van der Waals surface area contributed by atoms with Gasteiger partial charge in [-0.3, -0.25) is 4.79 Å². The molecule has 0 saturated carbocycles. The second-order valence-corrected chi connectivity index (χ2v) is 5.38. The number of methoxy groups -OCH3 is 2. The van der Waals surface area contributed by atoms with E-state index in [1.165, 1.54) is 38.5 Å². The van der Waals surface area contributed by atoms with Crippen LogP contribution in [-0.2, 0) is 0 Å². The molecular formula is C18H18F3NO4. The van der Waals surface area contributed by atoms with Gasteiger partial charge in [-0.2, -0.15) is 0 Å². The van der Waals surface area contributed by atoms with Gasteiger partial charge in [0.15, 0.2) is 0 Å². The number of nitrogens with one attached hydrogen (secondary N) is 1. The normalized spacial score (nSPS) is 12.2. The molecule has 0 radical (unpaired) electrons. The molecule has 26 heavy (non-hydrogen) atoms. The van der Waals surface area contributed by atoms with Crippen LogP contribution in [0.5, 0.6) is 17.2 Å². The number of hydrogen-bond acceptors (Lipinski definition) is 4. The molecule has 0 aliphatic rings. The average Bonchev–Trinajstić information content (AvgIpc) is 2.60. The zero-order valence-corrected chi connectivity index (χ0v) is 14.4. The van der Waals surface area contributed by atoms with Crippen LogP contribution in [0.3, 0.4) is 0 Å². The fraction of sp³-hybridized carbons (Fsp3) is 0.278. The zero-order valence-electron chi connectivity index (χ0n) is 14.4. The highest BCUT2D eigenvalue weighted by Gasteiger charge is 2.31. The number of carbonyl (C=O) groups excluding carboxylic acids is 1. The van der Waals surface area contributed by atoms with E-state index in [1.807, 2.05) is 0 Å². The van der Waals surface area contributed by atoms with Gasteiger partial charge in [0.25, 0.3) is 5.91 Å². The van der Waals surface area contributed by atoms with E-state index in [1.54, 1.807) is 25.1 Å². The monoisotopic (exact) mass is 369 g/mol. The number of amides is 1. The fourth-order valence-corrected chi connectivity index (χ4v) is 2.30. The molecule has 1 atom stereocenters. The molecule has 2 rings (SSSR count). The van der Waals surface area contributed by atoms with Crippen LogP contribution in [0.4, 0.5) is 13.2 Å². The highest BCUT2D eigenvalue weighted by atomic mass is 19.4. The molecule has 0 aromatic heterocycles. The van der Waals surface area contributed by atoms with Crippen LogP contribution < -0.4 is 19.5 Å². The molecule has 0 saturated heterocycles. The summed E-state index contributed by atoms with van der Waals surface area (Å²) in [7, 11) is 2.94. The van der Waals surface area contributed by atoms with Crippen LogP contribution in [0.1, 0.15) is 28.9 Å². The first kappa shape index (κ1) is 19.4. The third-order valence-corrected chi connectivity index (χ3v) is 3.61. The number of rotatable bonds is 6. The van der Waals surface area contributed by atoms with Crippen molar-refractivity contribution in [1.29, 1.82) is 0 Å². The van der Waals surface area contributed by atoms with Gasteiger partial charge in [0.1, 0.15) is 17.2 Å². The van der Waals surface area contributed by atoms with E-state index in [0.29, 0.717) is 22.6 Å². The third-order valence-electron chi connectivity index (χ3n) is 3.61. The highest BCUT2D eigenvalue weighted by Crippen LogP contribution is 2.26. The minimum absolute atomic E-state index is 0.317. The Morgan fingerprint density at radius 1 is 1.00 bits per heavy atom. The summed E-state index contributed by atoms with van der Waals surface area (Å²) in [5, 5.41) is 2.77. The highest BCUT2D eigenvalue weighted by molar-refractivity contribution is 5.97.